The van der Waals surface area contributed by atoms with Crippen LogP contribution in [0.15, 0.2) is 18.2 Å². The van der Waals surface area contributed by atoms with E-state index in [0.29, 0.717) is 19.4 Å². The number of nitrogens with one attached hydrogen (secondary N) is 1. The lowest BCUT2D eigenvalue weighted by molar-refractivity contribution is -0.145. The highest BCUT2D eigenvalue weighted by molar-refractivity contribution is 5.78. The fraction of sp³-hybridized carbons (Fsp3) is 0.562. The van der Waals surface area contributed by atoms with Crippen LogP contribution < -0.4 is 10.1 Å². The molecule has 1 aromatic rings. The van der Waals surface area contributed by atoms with Crippen LogP contribution in [-0.2, 0) is 11.2 Å². The van der Waals surface area contributed by atoms with Crippen molar-refractivity contribution < 1.29 is 14.6 Å². The van der Waals surface area contributed by atoms with Gasteiger partial charge in [0.15, 0.2) is 0 Å². The van der Waals surface area contributed by atoms with Crippen molar-refractivity contribution in [2.75, 3.05) is 6.54 Å². The number of rotatable bonds is 6. The van der Waals surface area contributed by atoms with Crippen LogP contribution in [0.1, 0.15) is 37.8 Å². The predicted molar refractivity (Wildman–Crippen MR) is 78.3 cm³/mol. The second kappa shape index (κ2) is 5.83. The van der Waals surface area contributed by atoms with Gasteiger partial charge in [0, 0.05) is 13.0 Å². The molecule has 4 nitrogen and oxygen atoms in total. The van der Waals surface area contributed by atoms with Crippen LogP contribution in [0, 0.1) is 6.92 Å². The van der Waals surface area contributed by atoms with Crippen molar-refractivity contribution in [1.82, 2.24) is 5.32 Å². The van der Waals surface area contributed by atoms with Gasteiger partial charge in [-0.15, -0.1) is 0 Å². The largest absolute Gasteiger partial charge is 0.488 e. The number of ether oxygens (including phenoxy) is 1. The molecule has 0 aliphatic carbocycles. The third-order valence-corrected chi connectivity index (χ3v) is 4.24. The van der Waals surface area contributed by atoms with E-state index in [-0.39, 0.29) is 6.10 Å². The van der Waals surface area contributed by atoms with Gasteiger partial charge in [-0.05, 0) is 31.4 Å². The third-order valence-electron chi connectivity index (χ3n) is 4.24. The first-order valence-electron chi connectivity index (χ1n) is 7.25. The number of hydrogen-bond donors (Lipinski definition) is 2. The van der Waals surface area contributed by atoms with Crippen LogP contribution in [0.5, 0.6) is 5.75 Å². The molecule has 1 aliphatic heterocycles. The van der Waals surface area contributed by atoms with Gasteiger partial charge in [0.1, 0.15) is 17.4 Å². The number of hydrogen-bond acceptors (Lipinski definition) is 3. The molecule has 0 saturated heterocycles. The van der Waals surface area contributed by atoms with Crippen LogP contribution in [0.3, 0.4) is 0 Å². The molecule has 0 saturated carbocycles. The average Bonchev–Trinajstić information content (AvgIpc) is 2.82. The van der Waals surface area contributed by atoms with E-state index in [9.17, 15) is 9.90 Å². The van der Waals surface area contributed by atoms with E-state index in [0.717, 1.165) is 12.2 Å². The molecule has 1 atom stereocenters. The molecule has 0 bridgehead atoms. The predicted octanol–water partition coefficient (Wildman–Crippen LogP) is 2.53. The molecule has 0 amide bonds. The summed E-state index contributed by atoms with van der Waals surface area (Å²) in [5.74, 6) is 0.144. The van der Waals surface area contributed by atoms with E-state index in [1.54, 1.807) is 0 Å². The molecule has 0 aromatic heterocycles. The molecule has 0 spiro atoms. The summed E-state index contributed by atoms with van der Waals surface area (Å²) in [6, 6.07) is 6.17. The molecule has 1 aliphatic rings. The number of carbonyl (C=O) groups is 1. The highest BCUT2D eigenvalue weighted by Crippen LogP contribution is 2.29. The Morgan fingerprint density at radius 2 is 2.15 bits per heavy atom. The minimum absolute atomic E-state index is 0.0172. The Balaban J connectivity index is 1.98. The van der Waals surface area contributed by atoms with Crippen LogP contribution in [0.2, 0.25) is 0 Å². The van der Waals surface area contributed by atoms with Crippen molar-refractivity contribution in [3.05, 3.63) is 29.3 Å². The number of aryl methyl sites for hydroxylation is 1. The summed E-state index contributed by atoms with van der Waals surface area (Å²) in [4.78, 5) is 11.4. The molecule has 1 heterocycles. The minimum Gasteiger partial charge on any atom is -0.488 e. The van der Waals surface area contributed by atoms with Crippen LogP contribution in [-0.4, -0.2) is 29.3 Å². The zero-order valence-corrected chi connectivity index (χ0v) is 12.4. The maximum absolute atomic E-state index is 11.4. The number of fused-ring (bicyclic) bond motifs is 1. The molecular weight excluding hydrogens is 254 g/mol. The summed E-state index contributed by atoms with van der Waals surface area (Å²) < 4.78 is 5.87. The first kappa shape index (κ1) is 14.9. The maximum atomic E-state index is 11.4. The van der Waals surface area contributed by atoms with Crippen LogP contribution in [0.4, 0.5) is 0 Å². The van der Waals surface area contributed by atoms with Gasteiger partial charge >= 0.3 is 5.97 Å². The van der Waals surface area contributed by atoms with E-state index >= 15 is 0 Å². The number of carboxylic acid groups (broad SMARTS) is 1. The lowest BCUT2D eigenvalue weighted by Gasteiger charge is -2.29. The molecule has 1 unspecified atom stereocenters. The zero-order valence-electron chi connectivity index (χ0n) is 12.4. The molecule has 0 fully saturated rings. The van der Waals surface area contributed by atoms with E-state index in [2.05, 4.69) is 18.3 Å². The van der Waals surface area contributed by atoms with Crippen LogP contribution in [0.25, 0.3) is 0 Å². The van der Waals surface area contributed by atoms with E-state index in [1.807, 2.05) is 26.0 Å². The first-order valence-corrected chi connectivity index (χ1v) is 7.25. The first-order chi connectivity index (χ1) is 9.50. The second-order valence-corrected chi connectivity index (χ2v) is 5.53. The van der Waals surface area contributed by atoms with Gasteiger partial charge < -0.3 is 9.84 Å². The van der Waals surface area contributed by atoms with Crippen molar-refractivity contribution in [3.63, 3.8) is 0 Å². The molecule has 1 aromatic carbocycles. The van der Waals surface area contributed by atoms with Crippen molar-refractivity contribution in [2.45, 2.75) is 51.7 Å². The van der Waals surface area contributed by atoms with Crippen molar-refractivity contribution in [1.29, 1.82) is 0 Å². The van der Waals surface area contributed by atoms with E-state index in [1.165, 1.54) is 11.1 Å². The standard InChI is InChI=1S/C16H23NO3/c1-4-16(5-2,15(18)19)17-10-13-9-12-8-11(3)6-7-14(12)20-13/h6-8,13,17H,4-5,9-10H2,1-3H3,(H,18,19). The van der Waals surface area contributed by atoms with Crippen molar-refractivity contribution >= 4 is 5.97 Å². The summed E-state index contributed by atoms with van der Waals surface area (Å²) in [6.45, 7) is 6.42. The monoisotopic (exact) mass is 277 g/mol. The topological polar surface area (TPSA) is 58.6 Å². The summed E-state index contributed by atoms with van der Waals surface area (Å²) in [5.41, 5.74) is 1.60. The highest BCUT2D eigenvalue weighted by Gasteiger charge is 2.35. The van der Waals surface area contributed by atoms with Gasteiger partial charge in [-0.2, -0.15) is 0 Å². The third kappa shape index (κ3) is 2.80. The Morgan fingerprint density at radius 1 is 1.45 bits per heavy atom. The number of carboxylic acids is 1. The molecule has 110 valence electrons. The summed E-state index contributed by atoms with van der Waals surface area (Å²) in [7, 11) is 0. The Bertz CT molecular complexity index is 494. The normalized spacial score (nSPS) is 17.6. The van der Waals surface area contributed by atoms with Gasteiger partial charge in [-0.1, -0.05) is 31.5 Å². The molecular formula is C16H23NO3. The van der Waals surface area contributed by atoms with Gasteiger partial charge in [0.2, 0.25) is 0 Å². The Labute approximate surface area is 120 Å². The van der Waals surface area contributed by atoms with Gasteiger partial charge in [-0.25, -0.2) is 0 Å². The zero-order chi connectivity index (χ0) is 14.8. The van der Waals surface area contributed by atoms with Gasteiger partial charge in [0.05, 0.1) is 0 Å². The molecule has 0 radical (unpaired) electrons. The Morgan fingerprint density at radius 3 is 2.75 bits per heavy atom. The number of benzene rings is 1. The summed E-state index contributed by atoms with van der Waals surface area (Å²) >= 11 is 0. The Kier molecular flexibility index (Phi) is 4.33. The van der Waals surface area contributed by atoms with Crippen LogP contribution >= 0.6 is 0 Å². The SMILES string of the molecule is CCC(CC)(NCC1Cc2cc(C)ccc2O1)C(=O)O. The summed E-state index contributed by atoms with van der Waals surface area (Å²) in [6.07, 6.45) is 1.99. The van der Waals surface area contributed by atoms with Gasteiger partial charge in [-0.3, -0.25) is 10.1 Å². The molecule has 20 heavy (non-hydrogen) atoms. The lowest BCUT2D eigenvalue weighted by atomic mass is 9.92. The quantitative estimate of drug-likeness (QED) is 0.839. The van der Waals surface area contributed by atoms with Gasteiger partial charge in [0.25, 0.3) is 0 Å². The maximum Gasteiger partial charge on any atom is 0.323 e. The molecule has 2 rings (SSSR count). The number of aliphatic carboxylic acids is 1. The smallest absolute Gasteiger partial charge is 0.323 e. The van der Waals surface area contributed by atoms with Crippen molar-refractivity contribution in [2.24, 2.45) is 0 Å². The fourth-order valence-electron chi connectivity index (χ4n) is 2.75. The summed E-state index contributed by atoms with van der Waals surface area (Å²) in [5, 5.41) is 12.6. The van der Waals surface area contributed by atoms with Crippen molar-refractivity contribution in [3.8, 4) is 5.75 Å². The lowest BCUT2D eigenvalue weighted by Crippen LogP contribution is -2.53. The second-order valence-electron chi connectivity index (χ2n) is 5.53. The van der Waals surface area contributed by atoms with E-state index in [4.69, 9.17) is 4.74 Å². The fourth-order valence-corrected chi connectivity index (χ4v) is 2.75. The van der Waals surface area contributed by atoms with E-state index < -0.39 is 11.5 Å². The molecule has 2 N–H and O–H groups in total. The minimum atomic E-state index is -0.839. The highest BCUT2D eigenvalue weighted by atomic mass is 16.5. The average molecular weight is 277 g/mol. The molecule has 4 heteroatoms. The Hall–Kier alpha value is -1.55.